The number of rotatable bonds is 2. The van der Waals surface area contributed by atoms with Crippen LogP contribution in [-0.2, 0) is 0 Å². The molecule has 3 aromatic rings. The third-order valence-corrected chi connectivity index (χ3v) is 3.81. The molecule has 0 fully saturated rings. The van der Waals surface area contributed by atoms with E-state index >= 15 is 0 Å². The molecule has 0 unspecified atom stereocenters. The van der Waals surface area contributed by atoms with Gasteiger partial charge in [-0.05, 0) is 24.3 Å². The van der Waals surface area contributed by atoms with E-state index in [2.05, 4.69) is 9.97 Å². The van der Waals surface area contributed by atoms with E-state index in [1.807, 2.05) is 0 Å². The van der Waals surface area contributed by atoms with Gasteiger partial charge >= 0.3 is 0 Å². The number of ketones is 1. The summed E-state index contributed by atoms with van der Waals surface area (Å²) in [5, 5.41) is 1.83. The van der Waals surface area contributed by atoms with Crippen LogP contribution in [0, 0.1) is 0 Å². The smallest absolute Gasteiger partial charge is 0.196 e. The van der Waals surface area contributed by atoms with Gasteiger partial charge in [-0.1, -0.05) is 34.8 Å². The highest BCUT2D eigenvalue weighted by atomic mass is 35.5. The number of hydrogen-bond donors (Lipinski definition) is 1. The lowest BCUT2D eigenvalue weighted by Gasteiger charge is -2.03. The predicted octanol–water partition coefficient (Wildman–Crippen LogP) is 4.75. The van der Waals surface area contributed by atoms with Crippen LogP contribution in [0.15, 0.2) is 36.7 Å². The highest BCUT2D eigenvalue weighted by Gasteiger charge is 2.19. The van der Waals surface area contributed by atoms with E-state index in [-0.39, 0.29) is 5.78 Å². The molecule has 2 heterocycles. The topological polar surface area (TPSA) is 45.8 Å². The van der Waals surface area contributed by atoms with Crippen molar-refractivity contribution in [3.05, 3.63) is 62.9 Å². The van der Waals surface area contributed by atoms with Gasteiger partial charge in [0.1, 0.15) is 5.65 Å². The van der Waals surface area contributed by atoms with Gasteiger partial charge in [-0.3, -0.25) is 4.79 Å². The minimum atomic E-state index is -0.229. The SMILES string of the molecule is O=C(c1ccc(Cl)cc1Cl)c1c[nH]c2nccc(Cl)c12. The summed E-state index contributed by atoms with van der Waals surface area (Å²) in [6.45, 7) is 0. The maximum Gasteiger partial charge on any atom is 0.196 e. The highest BCUT2D eigenvalue weighted by Crippen LogP contribution is 2.29. The number of H-pyrrole nitrogens is 1. The Labute approximate surface area is 129 Å². The first-order chi connectivity index (χ1) is 9.58. The monoisotopic (exact) mass is 324 g/mol. The third-order valence-electron chi connectivity index (χ3n) is 2.94. The van der Waals surface area contributed by atoms with Gasteiger partial charge in [0.25, 0.3) is 0 Å². The van der Waals surface area contributed by atoms with Crippen molar-refractivity contribution in [1.29, 1.82) is 0 Å². The molecule has 1 aromatic carbocycles. The number of nitrogens with one attached hydrogen (secondary N) is 1. The Kier molecular flexibility index (Phi) is 3.42. The average molecular weight is 326 g/mol. The van der Waals surface area contributed by atoms with Gasteiger partial charge in [-0.15, -0.1) is 0 Å². The Hall–Kier alpha value is -1.55. The quantitative estimate of drug-likeness (QED) is 0.691. The minimum absolute atomic E-state index is 0.229. The molecule has 100 valence electrons. The number of pyridine rings is 1. The lowest BCUT2D eigenvalue weighted by molar-refractivity contribution is 0.104. The van der Waals surface area contributed by atoms with Crippen molar-refractivity contribution < 1.29 is 4.79 Å². The molecule has 3 nitrogen and oxygen atoms in total. The second-order valence-electron chi connectivity index (χ2n) is 4.17. The average Bonchev–Trinajstić information content (AvgIpc) is 2.83. The lowest BCUT2D eigenvalue weighted by Crippen LogP contribution is -2.01. The molecule has 0 saturated heterocycles. The van der Waals surface area contributed by atoms with E-state index in [0.717, 1.165) is 0 Å². The third kappa shape index (κ3) is 2.18. The Morgan fingerprint density at radius 1 is 1.05 bits per heavy atom. The van der Waals surface area contributed by atoms with Gasteiger partial charge in [-0.25, -0.2) is 4.98 Å². The van der Waals surface area contributed by atoms with Gasteiger partial charge in [0.05, 0.1) is 15.6 Å². The molecule has 20 heavy (non-hydrogen) atoms. The van der Waals surface area contributed by atoms with Crippen molar-refractivity contribution in [3.8, 4) is 0 Å². The van der Waals surface area contributed by atoms with Gasteiger partial charge in [-0.2, -0.15) is 0 Å². The molecular formula is C14H7Cl3N2O. The summed E-state index contributed by atoms with van der Waals surface area (Å²) in [6, 6.07) is 6.38. The summed E-state index contributed by atoms with van der Waals surface area (Å²) < 4.78 is 0. The second kappa shape index (κ2) is 5.09. The van der Waals surface area contributed by atoms with Gasteiger partial charge in [0, 0.05) is 28.4 Å². The summed E-state index contributed by atoms with van der Waals surface area (Å²) in [7, 11) is 0. The number of benzene rings is 1. The fourth-order valence-corrected chi connectivity index (χ4v) is 2.76. The maximum absolute atomic E-state index is 12.6. The zero-order valence-electron chi connectivity index (χ0n) is 9.95. The highest BCUT2D eigenvalue weighted by molar-refractivity contribution is 6.39. The molecule has 0 amide bonds. The largest absolute Gasteiger partial charge is 0.345 e. The van der Waals surface area contributed by atoms with Crippen LogP contribution in [0.5, 0.6) is 0 Å². The van der Waals surface area contributed by atoms with Crippen molar-refractivity contribution in [3.63, 3.8) is 0 Å². The minimum Gasteiger partial charge on any atom is -0.345 e. The maximum atomic E-state index is 12.6. The number of aromatic nitrogens is 2. The van der Waals surface area contributed by atoms with Crippen LogP contribution in [0.1, 0.15) is 15.9 Å². The molecule has 0 aliphatic carbocycles. The van der Waals surface area contributed by atoms with Crippen molar-refractivity contribution >= 4 is 51.6 Å². The Bertz CT molecular complexity index is 826. The van der Waals surface area contributed by atoms with Gasteiger partial charge < -0.3 is 4.98 Å². The second-order valence-corrected chi connectivity index (χ2v) is 5.42. The fourth-order valence-electron chi connectivity index (χ4n) is 2.01. The molecule has 0 aliphatic heterocycles. The molecule has 2 aromatic heterocycles. The van der Waals surface area contributed by atoms with Crippen LogP contribution in [-0.4, -0.2) is 15.8 Å². The molecular weight excluding hydrogens is 319 g/mol. The standard InChI is InChI=1S/C14H7Cl3N2O/c15-7-1-2-8(11(17)5-7)13(20)9-6-19-14-12(9)10(16)3-4-18-14/h1-6H,(H,18,19). The van der Waals surface area contributed by atoms with E-state index in [9.17, 15) is 4.79 Å². The van der Waals surface area contributed by atoms with Gasteiger partial charge in [0.15, 0.2) is 5.78 Å². The number of hydrogen-bond acceptors (Lipinski definition) is 2. The molecule has 0 radical (unpaired) electrons. The van der Waals surface area contributed by atoms with E-state index < -0.39 is 0 Å². The molecule has 6 heteroatoms. The summed E-state index contributed by atoms with van der Waals surface area (Å²) in [6.07, 6.45) is 3.15. The van der Waals surface area contributed by atoms with E-state index in [1.54, 1.807) is 30.6 Å². The van der Waals surface area contributed by atoms with Crippen molar-refractivity contribution in [2.24, 2.45) is 0 Å². The van der Waals surface area contributed by atoms with Crippen molar-refractivity contribution in [1.82, 2.24) is 9.97 Å². The van der Waals surface area contributed by atoms with Gasteiger partial charge in [0.2, 0.25) is 0 Å². The molecule has 0 saturated carbocycles. The van der Waals surface area contributed by atoms with E-state index in [4.69, 9.17) is 34.8 Å². The Morgan fingerprint density at radius 2 is 1.85 bits per heavy atom. The molecule has 0 spiro atoms. The van der Waals surface area contributed by atoms with E-state index in [0.29, 0.717) is 37.2 Å². The van der Waals surface area contributed by atoms with Crippen LogP contribution in [0.3, 0.4) is 0 Å². The van der Waals surface area contributed by atoms with Crippen LogP contribution >= 0.6 is 34.8 Å². The first kappa shape index (κ1) is 13.4. The number of fused-ring (bicyclic) bond motifs is 1. The number of halogens is 3. The molecule has 0 atom stereocenters. The van der Waals surface area contributed by atoms with Crippen LogP contribution < -0.4 is 0 Å². The molecule has 1 N–H and O–H groups in total. The summed E-state index contributed by atoms with van der Waals surface area (Å²) in [5.41, 5.74) is 1.37. The van der Waals surface area contributed by atoms with E-state index in [1.165, 1.54) is 6.07 Å². The number of aromatic amines is 1. The first-order valence-electron chi connectivity index (χ1n) is 5.69. The summed E-state index contributed by atoms with van der Waals surface area (Å²) in [5.74, 6) is -0.229. The summed E-state index contributed by atoms with van der Waals surface area (Å²) >= 11 is 18.0. The van der Waals surface area contributed by atoms with Crippen molar-refractivity contribution in [2.45, 2.75) is 0 Å². The number of nitrogens with zero attached hydrogens (tertiary/aromatic N) is 1. The zero-order valence-corrected chi connectivity index (χ0v) is 12.2. The summed E-state index contributed by atoms with van der Waals surface area (Å²) in [4.78, 5) is 19.6. The zero-order chi connectivity index (χ0) is 14.3. The number of carbonyl (C=O) groups is 1. The molecule has 3 rings (SSSR count). The Morgan fingerprint density at radius 3 is 2.60 bits per heavy atom. The lowest BCUT2D eigenvalue weighted by atomic mass is 10.0. The normalized spacial score (nSPS) is 10.9. The molecule has 0 aliphatic rings. The van der Waals surface area contributed by atoms with Crippen LogP contribution in [0.2, 0.25) is 15.1 Å². The van der Waals surface area contributed by atoms with Crippen LogP contribution in [0.4, 0.5) is 0 Å². The number of carbonyl (C=O) groups excluding carboxylic acids is 1. The molecule has 0 bridgehead atoms. The Balaban J connectivity index is 2.18. The fraction of sp³-hybridized carbons (Fsp3) is 0. The van der Waals surface area contributed by atoms with Crippen molar-refractivity contribution in [2.75, 3.05) is 0 Å². The van der Waals surface area contributed by atoms with Crippen LogP contribution in [0.25, 0.3) is 11.0 Å². The first-order valence-corrected chi connectivity index (χ1v) is 6.82. The predicted molar refractivity (Wildman–Crippen MR) is 81.0 cm³/mol.